The average molecular weight is 680 g/mol. The molecule has 0 radical (unpaired) electrons. The van der Waals surface area contributed by atoms with Crippen molar-refractivity contribution in [3.05, 3.63) is 82.7 Å². The molecule has 1 aromatic heterocycles. The number of unbranched alkanes of at least 4 members (excludes halogenated alkanes) is 1. The van der Waals surface area contributed by atoms with Crippen molar-refractivity contribution < 1.29 is 18.3 Å². The molecule has 3 aromatic rings. The highest BCUT2D eigenvalue weighted by Crippen LogP contribution is 2.33. The van der Waals surface area contributed by atoms with Crippen molar-refractivity contribution >= 4 is 30.1 Å². The molecule has 1 atom stereocenters. The zero-order valence-electron chi connectivity index (χ0n) is 31.3. The molecule has 1 aliphatic rings. The van der Waals surface area contributed by atoms with Gasteiger partial charge in [0.05, 0.1) is 11.8 Å². The molecule has 1 fully saturated rings. The average Bonchev–Trinajstić information content (AvgIpc) is 3.64. The van der Waals surface area contributed by atoms with Crippen LogP contribution in [0.15, 0.2) is 43.0 Å². The number of hydrogen-bond acceptors (Lipinski definition) is 6. The Kier molecular flexibility index (Phi) is 21.3. The number of aromatic nitrogens is 2. The van der Waals surface area contributed by atoms with Crippen LogP contribution in [0.1, 0.15) is 102 Å². The van der Waals surface area contributed by atoms with Crippen LogP contribution in [-0.2, 0) is 9.53 Å². The number of amides is 1. The van der Waals surface area contributed by atoms with Crippen LogP contribution in [0, 0.1) is 25.5 Å². The van der Waals surface area contributed by atoms with Gasteiger partial charge >= 0.3 is 0 Å². The molecular weight excluding hydrogens is 620 g/mol. The van der Waals surface area contributed by atoms with Crippen LogP contribution in [0.5, 0.6) is 0 Å². The van der Waals surface area contributed by atoms with Crippen LogP contribution in [0.2, 0.25) is 0 Å². The fourth-order valence-electron chi connectivity index (χ4n) is 5.08. The first-order chi connectivity index (χ1) is 23.7. The lowest BCUT2D eigenvalue weighted by Gasteiger charge is -2.17. The number of anilines is 1. The predicted octanol–water partition coefficient (Wildman–Crippen LogP) is 9.70. The Morgan fingerprint density at radius 2 is 1.65 bits per heavy atom. The van der Waals surface area contributed by atoms with Gasteiger partial charge in [0.15, 0.2) is 0 Å². The number of carbonyl (C=O) groups is 1. The van der Waals surface area contributed by atoms with Crippen molar-refractivity contribution in [3.63, 3.8) is 0 Å². The van der Waals surface area contributed by atoms with E-state index in [-0.39, 0.29) is 17.5 Å². The van der Waals surface area contributed by atoms with E-state index < -0.39 is 11.6 Å². The minimum atomic E-state index is -0.697. The van der Waals surface area contributed by atoms with Crippen molar-refractivity contribution in [1.29, 1.82) is 0 Å². The maximum absolute atomic E-state index is 14.3. The molecule has 0 bridgehead atoms. The van der Waals surface area contributed by atoms with Gasteiger partial charge in [0.25, 0.3) is 0 Å². The summed E-state index contributed by atoms with van der Waals surface area (Å²) < 4.78 is 34.2. The smallest absolute Gasteiger partial charge is 0.212 e. The van der Waals surface area contributed by atoms with Crippen LogP contribution >= 0.6 is 0 Å². The number of hydrogen-bond donors (Lipinski definition) is 2. The Hall–Kier alpha value is -3.95. The summed E-state index contributed by atoms with van der Waals surface area (Å²) in [7, 11) is 0. The third-order valence-electron chi connectivity index (χ3n) is 7.80. The lowest BCUT2D eigenvalue weighted by Crippen LogP contribution is -2.24. The minimum absolute atomic E-state index is 0.170. The summed E-state index contributed by atoms with van der Waals surface area (Å²) >= 11 is 0. The van der Waals surface area contributed by atoms with E-state index in [1.165, 1.54) is 62.8 Å². The molecule has 1 saturated heterocycles. The van der Waals surface area contributed by atoms with E-state index in [9.17, 15) is 13.6 Å². The van der Waals surface area contributed by atoms with Gasteiger partial charge < -0.3 is 20.3 Å². The molecule has 2 N–H and O–H groups in total. The Morgan fingerprint density at radius 3 is 2.22 bits per heavy atom. The molecule has 1 unspecified atom stereocenters. The fourth-order valence-corrected chi connectivity index (χ4v) is 5.08. The molecule has 1 aliphatic heterocycles. The molecule has 2 heterocycles. The van der Waals surface area contributed by atoms with E-state index in [4.69, 9.17) is 4.74 Å². The van der Waals surface area contributed by atoms with Gasteiger partial charge in [-0.15, -0.1) is 0 Å². The Morgan fingerprint density at radius 1 is 1.00 bits per heavy atom. The van der Waals surface area contributed by atoms with Crippen molar-refractivity contribution in [2.75, 3.05) is 38.1 Å². The van der Waals surface area contributed by atoms with Crippen LogP contribution in [-0.4, -0.2) is 60.2 Å². The van der Waals surface area contributed by atoms with E-state index in [1.54, 1.807) is 6.92 Å². The Bertz CT molecular complexity index is 1430. The monoisotopic (exact) mass is 679 g/mol. The number of nitrogens with zero attached hydrogens (tertiary/aromatic N) is 3. The number of ether oxygens (including phenoxy) is 1. The molecule has 7 nitrogen and oxygen atoms in total. The normalized spacial score (nSPS) is 13.4. The summed E-state index contributed by atoms with van der Waals surface area (Å²) in [6.07, 6.45) is 8.25. The van der Waals surface area contributed by atoms with Gasteiger partial charge in [-0.3, -0.25) is 4.79 Å². The van der Waals surface area contributed by atoms with Crippen LogP contribution in [0.25, 0.3) is 29.1 Å². The summed E-state index contributed by atoms with van der Waals surface area (Å²) in [6.45, 7) is 27.7. The third kappa shape index (κ3) is 13.8. The highest BCUT2D eigenvalue weighted by molar-refractivity contribution is 5.89. The number of aryl methyl sites for hydroxylation is 2. The van der Waals surface area contributed by atoms with Crippen LogP contribution in [0.3, 0.4) is 0 Å². The van der Waals surface area contributed by atoms with Gasteiger partial charge in [-0.2, -0.15) is 0 Å². The SMILES string of the molecule is C=C(NCC1CCCO1)c1ccc(C)c(-c2nc(C)nc(NC=O)c2/C=C\c2c(F)cccc2F)c1.CC.CC.CCCCN(CC)CC. The van der Waals surface area contributed by atoms with Gasteiger partial charge in [0, 0.05) is 35.5 Å². The quantitative estimate of drug-likeness (QED) is 0.165. The summed E-state index contributed by atoms with van der Waals surface area (Å²) in [6, 6.07) is 9.54. The third-order valence-corrected chi connectivity index (χ3v) is 7.80. The van der Waals surface area contributed by atoms with E-state index >= 15 is 0 Å². The first-order valence-electron chi connectivity index (χ1n) is 17.8. The first-order valence-corrected chi connectivity index (χ1v) is 17.8. The standard InChI is InChI=1S/C28H28F2N4O2.C8H19N.2C2H6/c1-17-9-10-20(18(2)31-15-21-6-5-13-36-21)14-24(17)27-23(28(32-16-35)34-19(3)33-27)12-11-22-25(29)7-4-8-26(22)30;1-4-7-8-9(5-2)6-3;2*1-2/h4,7-12,14,16,21,31H,2,5-6,13,15H2,1,3H3,(H,32,33,34,35);4-8H2,1-3H3;2*1-2H3/b12-11-;;;. The molecule has 49 heavy (non-hydrogen) atoms. The van der Waals surface area contributed by atoms with Gasteiger partial charge in [-0.1, -0.05) is 79.7 Å². The summed E-state index contributed by atoms with van der Waals surface area (Å²) in [4.78, 5) is 22.7. The van der Waals surface area contributed by atoms with Crippen molar-refractivity contribution in [2.24, 2.45) is 0 Å². The molecule has 270 valence electrons. The van der Waals surface area contributed by atoms with Gasteiger partial charge in [0.1, 0.15) is 23.3 Å². The first kappa shape index (κ1) is 43.1. The topological polar surface area (TPSA) is 79.4 Å². The number of benzene rings is 2. The van der Waals surface area contributed by atoms with Crippen molar-refractivity contribution in [1.82, 2.24) is 20.2 Å². The Labute approximate surface area is 294 Å². The van der Waals surface area contributed by atoms with E-state index in [2.05, 4.69) is 52.9 Å². The molecule has 0 aliphatic carbocycles. The van der Waals surface area contributed by atoms with Crippen molar-refractivity contribution in [2.45, 2.75) is 94.1 Å². The molecule has 4 rings (SSSR count). The summed E-state index contributed by atoms with van der Waals surface area (Å²) in [5.74, 6) is -0.723. The lowest BCUT2D eigenvalue weighted by atomic mass is 9.97. The van der Waals surface area contributed by atoms with E-state index in [1.807, 2.05) is 52.8 Å². The van der Waals surface area contributed by atoms with Gasteiger partial charge in [-0.05, 0) is 94.2 Å². The van der Waals surface area contributed by atoms with E-state index in [0.29, 0.717) is 30.0 Å². The van der Waals surface area contributed by atoms with Crippen molar-refractivity contribution in [3.8, 4) is 11.3 Å². The largest absolute Gasteiger partial charge is 0.382 e. The van der Waals surface area contributed by atoms with Crippen LogP contribution in [0.4, 0.5) is 14.6 Å². The summed E-state index contributed by atoms with van der Waals surface area (Å²) in [5, 5.41) is 5.93. The lowest BCUT2D eigenvalue weighted by molar-refractivity contribution is -0.105. The molecular formula is C40H59F2N5O2. The molecule has 2 aromatic carbocycles. The minimum Gasteiger partial charge on any atom is -0.382 e. The highest BCUT2D eigenvalue weighted by atomic mass is 19.1. The maximum Gasteiger partial charge on any atom is 0.212 e. The van der Waals surface area contributed by atoms with E-state index in [0.717, 1.165) is 41.8 Å². The summed E-state index contributed by atoms with van der Waals surface area (Å²) in [5.41, 5.74) is 4.06. The highest BCUT2D eigenvalue weighted by Gasteiger charge is 2.18. The molecule has 0 spiro atoms. The molecule has 0 saturated carbocycles. The maximum atomic E-state index is 14.3. The number of rotatable bonds is 14. The number of halogens is 2. The second kappa shape index (κ2) is 24.2. The van der Waals surface area contributed by atoms with Gasteiger partial charge in [-0.25, -0.2) is 18.7 Å². The fraction of sp³-hybridized carbons (Fsp3) is 0.475. The molecule has 1 amide bonds. The zero-order chi connectivity index (χ0) is 36.8. The Balaban J connectivity index is 0.000000794. The second-order valence-electron chi connectivity index (χ2n) is 11.0. The number of carbonyl (C=O) groups excluding carboxylic acids is 1. The second-order valence-corrected chi connectivity index (χ2v) is 11.0. The number of nitrogens with one attached hydrogen (secondary N) is 2. The zero-order valence-corrected chi connectivity index (χ0v) is 31.3. The van der Waals surface area contributed by atoms with Crippen LogP contribution < -0.4 is 10.6 Å². The van der Waals surface area contributed by atoms with Gasteiger partial charge in [0.2, 0.25) is 6.41 Å². The molecule has 9 heteroatoms. The predicted molar refractivity (Wildman–Crippen MR) is 203 cm³/mol.